The summed E-state index contributed by atoms with van der Waals surface area (Å²) in [6.07, 6.45) is 0.114. The van der Waals surface area contributed by atoms with Gasteiger partial charge in [-0.25, -0.2) is 99.9 Å². The van der Waals surface area contributed by atoms with E-state index < -0.39 is 144 Å². The van der Waals surface area contributed by atoms with Gasteiger partial charge in [0.1, 0.15) is 52.7 Å². The van der Waals surface area contributed by atoms with E-state index >= 15 is 35.1 Å². The fraction of sp³-hybridized carbons (Fsp3) is 0.0278. The van der Waals surface area contributed by atoms with Gasteiger partial charge in [0.25, 0.3) is 0 Å². The first-order chi connectivity index (χ1) is 27.0. The van der Waals surface area contributed by atoms with Gasteiger partial charge in [-0.2, -0.15) is 18.2 Å². The number of halogens is 20. The van der Waals surface area contributed by atoms with Gasteiger partial charge in [-0.15, -0.1) is 27.6 Å². The van der Waals surface area contributed by atoms with E-state index in [-0.39, 0.29) is 22.8 Å². The van der Waals surface area contributed by atoms with Gasteiger partial charge >= 0.3 is 17.1 Å². The molecule has 0 unspecified atom stereocenters. The van der Waals surface area contributed by atoms with E-state index in [0.717, 1.165) is 5.57 Å². The molecule has 1 aliphatic carbocycles. The van der Waals surface area contributed by atoms with Crippen molar-refractivity contribution in [3.05, 3.63) is 182 Å². The van der Waals surface area contributed by atoms with Gasteiger partial charge in [0.15, 0.2) is 69.8 Å². The summed E-state index contributed by atoms with van der Waals surface area (Å²) in [7, 11) is 0. The molecule has 0 bridgehead atoms. The second-order valence-corrected chi connectivity index (χ2v) is 11.5. The molecule has 1 nitrogen and oxygen atoms in total. The SMILES string of the molecule is CC([O-])=C1C=CC=C1.Fc1c(F)c(F)c([B-](c2c(F)c(F)c(F)c(F)c2F)(c2c(F)c(F)c(F)c(F)c2F)c2c(F)c(F)c(F)c(F)c2F)c(F)c1F.[Fe+2].c1cc[cH-]c1. The first-order valence-electron chi connectivity index (χ1n) is 15.1. The summed E-state index contributed by atoms with van der Waals surface area (Å²) in [5.41, 5.74) is -13.5. The maximum absolute atomic E-state index is 15.4. The smallest absolute Gasteiger partial charge is 0.875 e. The largest absolute Gasteiger partial charge is 2.00 e. The maximum Gasteiger partial charge on any atom is 2.00 e. The normalized spacial score (nSPS) is 11.9. The Morgan fingerprint density at radius 2 is 0.559 bits per heavy atom. The van der Waals surface area contributed by atoms with Crippen LogP contribution >= 0.6 is 0 Å². The fourth-order valence-corrected chi connectivity index (χ4v) is 5.80. The van der Waals surface area contributed by atoms with Crippen molar-refractivity contribution in [2.45, 2.75) is 6.92 Å². The van der Waals surface area contributed by atoms with E-state index in [2.05, 4.69) is 0 Å². The van der Waals surface area contributed by atoms with Gasteiger partial charge in [-0.05, 0) is 5.57 Å². The van der Waals surface area contributed by atoms with Crippen LogP contribution < -0.4 is 27.0 Å². The van der Waals surface area contributed by atoms with Gasteiger partial charge < -0.3 is 5.11 Å². The Labute approximate surface area is 326 Å². The molecule has 23 heteroatoms. The van der Waals surface area contributed by atoms with E-state index in [4.69, 9.17) is 0 Å². The zero-order valence-electron chi connectivity index (χ0n) is 28.1. The molecule has 59 heavy (non-hydrogen) atoms. The Morgan fingerprint density at radius 1 is 0.373 bits per heavy atom. The number of rotatable bonds is 4. The fourth-order valence-electron chi connectivity index (χ4n) is 5.80. The van der Waals surface area contributed by atoms with Crippen LogP contribution in [-0.4, -0.2) is 6.15 Å². The molecular formula is C36H12BF20FeO-. The third kappa shape index (κ3) is 7.84. The second kappa shape index (κ2) is 18.1. The molecule has 0 saturated carbocycles. The van der Waals surface area contributed by atoms with E-state index in [1.807, 2.05) is 54.6 Å². The quantitative estimate of drug-likeness (QED) is 0.0449. The van der Waals surface area contributed by atoms with Crippen LogP contribution in [0.4, 0.5) is 87.8 Å². The maximum atomic E-state index is 15.4. The summed E-state index contributed by atoms with van der Waals surface area (Å²) in [6.45, 7) is 1.56. The Morgan fingerprint density at radius 3 is 0.695 bits per heavy atom. The Kier molecular flexibility index (Phi) is 14.7. The first-order valence-corrected chi connectivity index (χ1v) is 15.1. The van der Waals surface area contributed by atoms with E-state index in [0.29, 0.717) is 0 Å². The molecule has 0 spiro atoms. The summed E-state index contributed by atoms with van der Waals surface area (Å²) >= 11 is 0. The van der Waals surface area contributed by atoms with Gasteiger partial charge in [0.2, 0.25) is 0 Å². The Hall–Kier alpha value is -5.57. The molecule has 0 radical (unpaired) electrons. The van der Waals surface area contributed by atoms with Crippen molar-refractivity contribution in [1.29, 1.82) is 0 Å². The monoisotopic (exact) mass is 907 g/mol. The van der Waals surface area contributed by atoms with Crippen LogP contribution in [0, 0.1) is 116 Å². The van der Waals surface area contributed by atoms with Crippen LogP contribution in [0.2, 0.25) is 0 Å². The predicted octanol–water partition coefficient (Wildman–Crippen LogP) is 8.00. The summed E-state index contributed by atoms with van der Waals surface area (Å²) in [6, 6.07) is 10.0. The van der Waals surface area contributed by atoms with Crippen molar-refractivity contribution >= 4 is 28.0 Å². The summed E-state index contributed by atoms with van der Waals surface area (Å²) in [5.74, 6) is -71.3. The van der Waals surface area contributed by atoms with Crippen molar-refractivity contribution in [1.82, 2.24) is 0 Å². The molecule has 6 rings (SSSR count). The second-order valence-electron chi connectivity index (χ2n) is 11.5. The van der Waals surface area contributed by atoms with Crippen LogP contribution in [0.3, 0.4) is 0 Å². The third-order valence-electron chi connectivity index (χ3n) is 8.33. The molecule has 0 aliphatic heterocycles. The van der Waals surface area contributed by atoms with Gasteiger partial charge in [-0.3, -0.25) is 0 Å². The summed E-state index contributed by atoms with van der Waals surface area (Å²) in [4.78, 5) is 0. The molecule has 0 aromatic heterocycles. The molecule has 0 atom stereocenters. The van der Waals surface area contributed by atoms with E-state index in [9.17, 15) is 57.8 Å². The van der Waals surface area contributed by atoms with Crippen molar-refractivity contribution in [2.24, 2.45) is 0 Å². The first kappa shape index (κ1) is 47.8. The molecule has 5 aromatic rings. The number of hydrogen-bond donors (Lipinski definition) is 0. The van der Waals surface area contributed by atoms with Gasteiger partial charge in [0.05, 0.1) is 0 Å². The minimum absolute atomic E-state index is 0. The van der Waals surface area contributed by atoms with Crippen molar-refractivity contribution in [2.75, 3.05) is 0 Å². The molecule has 1 aliphatic rings. The minimum atomic E-state index is -7.22. The predicted molar refractivity (Wildman–Crippen MR) is 162 cm³/mol. The van der Waals surface area contributed by atoms with Crippen LogP contribution in [0.25, 0.3) is 0 Å². The minimum Gasteiger partial charge on any atom is -0.875 e. The summed E-state index contributed by atoms with van der Waals surface area (Å²) in [5, 5.41) is 10.5. The molecule has 0 saturated heterocycles. The third-order valence-corrected chi connectivity index (χ3v) is 8.33. The van der Waals surface area contributed by atoms with Crippen LogP contribution in [0.5, 0.6) is 0 Å². The van der Waals surface area contributed by atoms with Gasteiger partial charge in [-0.1, -0.05) is 31.2 Å². The zero-order chi connectivity index (χ0) is 43.9. The molecule has 5 aromatic carbocycles. The van der Waals surface area contributed by atoms with Crippen molar-refractivity contribution < 1.29 is 110 Å². The standard InChI is InChI=1S/C24BF20.C7H8O.C5H5.Fe/c26-5-1(6(27)14(35)21(42)13(5)34)25(2-7(28)15(36)22(43)16(37)8(2)29,3-9(30)17(38)23(44)18(39)10(3)31)4-11(32)19(40)24(45)20(41)12(4)33;1-6(8)7-4-2-3-5-7;1-2-4-5-3-1;/h;2-5,8H,1H3;1-5H;/q-1;;-1;+2/p-1. The molecule has 0 fully saturated rings. The van der Waals surface area contributed by atoms with E-state index in [1.165, 1.54) is 0 Å². The van der Waals surface area contributed by atoms with E-state index in [1.54, 1.807) is 6.92 Å². The van der Waals surface area contributed by atoms with Crippen LogP contribution in [0.1, 0.15) is 6.92 Å². The van der Waals surface area contributed by atoms with Crippen LogP contribution in [-0.2, 0) is 17.1 Å². The number of benzene rings is 4. The van der Waals surface area contributed by atoms with Crippen LogP contribution in [0.15, 0.2) is 66.0 Å². The van der Waals surface area contributed by atoms with Crippen molar-refractivity contribution in [3.63, 3.8) is 0 Å². The molecule has 0 heterocycles. The summed E-state index contributed by atoms with van der Waals surface area (Å²) < 4.78 is 294. The van der Waals surface area contributed by atoms with Gasteiger partial charge in [0, 0.05) is 0 Å². The Balaban J connectivity index is 0.000000561. The number of allylic oxidation sites excluding steroid dienone is 6. The zero-order valence-corrected chi connectivity index (χ0v) is 29.2. The Bertz CT molecular complexity index is 2110. The molecule has 0 N–H and O–H groups in total. The topological polar surface area (TPSA) is 23.1 Å². The average molecular weight is 907 g/mol. The molecular weight excluding hydrogens is 895 g/mol. The molecule has 314 valence electrons. The van der Waals surface area contributed by atoms with Crippen molar-refractivity contribution in [3.8, 4) is 0 Å². The number of hydrogen-bond acceptors (Lipinski definition) is 1. The molecule has 0 amide bonds. The average Bonchev–Trinajstić information content (AvgIpc) is 3.97.